The van der Waals surface area contributed by atoms with Crippen LogP contribution in [-0.4, -0.2) is 17.5 Å². The van der Waals surface area contributed by atoms with Crippen LogP contribution in [0.3, 0.4) is 0 Å². The van der Waals surface area contributed by atoms with E-state index in [1.54, 1.807) is 6.20 Å². The lowest BCUT2D eigenvalue weighted by molar-refractivity contribution is -0.121. The minimum Gasteiger partial charge on any atom is -0.491 e. The second-order valence-electron chi connectivity index (χ2n) is 4.56. The normalized spacial score (nSPS) is 10.4. The van der Waals surface area contributed by atoms with Crippen molar-refractivity contribution in [2.24, 2.45) is 5.84 Å². The molecule has 0 atom stereocenters. The summed E-state index contributed by atoms with van der Waals surface area (Å²) in [6.07, 6.45) is 4.89. The molecule has 0 saturated heterocycles. The van der Waals surface area contributed by atoms with Crippen LogP contribution in [0.4, 0.5) is 0 Å². The van der Waals surface area contributed by atoms with Crippen LogP contribution in [-0.2, 0) is 4.79 Å². The number of benzene rings is 1. The fourth-order valence-corrected chi connectivity index (χ4v) is 2.01. The first-order chi connectivity index (χ1) is 9.81. The number of para-hydroxylation sites is 1. The molecule has 106 valence electrons. The van der Waals surface area contributed by atoms with Crippen molar-refractivity contribution in [2.45, 2.75) is 25.7 Å². The SMILES string of the molecule is NNC(=O)CCCCCOc1cccc2cccnc12. The number of rotatable bonds is 7. The first kappa shape index (κ1) is 14.3. The lowest BCUT2D eigenvalue weighted by Crippen LogP contribution is -2.29. The summed E-state index contributed by atoms with van der Waals surface area (Å²) in [7, 11) is 0. The van der Waals surface area contributed by atoms with E-state index in [0.29, 0.717) is 13.0 Å². The Labute approximate surface area is 118 Å². The monoisotopic (exact) mass is 273 g/mol. The van der Waals surface area contributed by atoms with Crippen molar-refractivity contribution >= 4 is 16.8 Å². The molecule has 0 aliphatic heterocycles. The van der Waals surface area contributed by atoms with Gasteiger partial charge in [0, 0.05) is 18.0 Å². The topological polar surface area (TPSA) is 77.2 Å². The number of carbonyl (C=O) groups excluding carboxylic acids is 1. The van der Waals surface area contributed by atoms with Gasteiger partial charge in [-0.3, -0.25) is 15.2 Å². The molecule has 0 unspecified atom stereocenters. The molecule has 0 aliphatic carbocycles. The average molecular weight is 273 g/mol. The molecule has 0 spiro atoms. The summed E-state index contributed by atoms with van der Waals surface area (Å²) in [4.78, 5) is 15.3. The van der Waals surface area contributed by atoms with Gasteiger partial charge >= 0.3 is 0 Å². The summed E-state index contributed by atoms with van der Waals surface area (Å²) >= 11 is 0. The third-order valence-corrected chi connectivity index (χ3v) is 3.06. The summed E-state index contributed by atoms with van der Waals surface area (Å²) in [5.41, 5.74) is 3.01. The number of fused-ring (bicyclic) bond motifs is 1. The fourth-order valence-electron chi connectivity index (χ4n) is 2.01. The summed E-state index contributed by atoms with van der Waals surface area (Å²) in [5, 5.41) is 1.07. The molecule has 1 amide bonds. The van der Waals surface area contributed by atoms with Crippen LogP contribution in [0.15, 0.2) is 36.5 Å². The number of carbonyl (C=O) groups is 1. The highest BCUT2D eigenvalue weighted by Crippen LogP contribution is 2.23. The molecule has 20 heavy (non-hydrogen) atoms. The van der Waals surface area contributed by atoms with Crippen molar-refractivity contribution in [2.75, 3.05) is 6.61 Å². The van der Waals surface area contributed by atoms with E-state index in [-0.39, 0.29) is 5.91 Å². The molecule has 3 N–H and O–H groups in total. The van der Waals surface area contributed by atoms with Gasteiger partial charge in [0.25, 0.3) is 0 Å². The molecule has 2 rings (SSSR count). The fraction of sp³-hybridized carbons (Fsp3) is 0.333. The van der Waals surface area contributed by atoms with E-state index in [9.17, 15) is 4.79 Å². The van der Waals surface area contributed by atoms with E-state index >= 15 is 0 Å². The maximum Gasteiger partial charge on any atom is 0.233 e. The van der Waals surface area contributed by atoms with Gasteiger partial charge in [0.2, 0.25) is 5.91 Å². The van der Waals surface area contributed by atoms with Gasteiger partial charge in [-0.25, -0.2) is 5.84 Å². The number of nitrogens with zero attached hydrogens (tertiary/aromatic N) is 1. The number of hydrazine groups is 1. The Morgan fingerprint density at radius 3 is 2.90 bits per heavy atom. The minimum absolute atomic E-state index is 0.121. The highest BCUT2D eigenvalue weighted by Gasteiger charge is 2.02. The Bertz CT molecular complexity index is 567. The van der Waals surface area contributed by atoms with Gasteiger partial charge in [-0.1, -0.05) is 18.2 Å². The van der Waals surface area contributed by atoms with E-state index in [0.717, 1.165) is 35.9 Å². The van der Waals surface area contributed by atoms with Gasteiger partial charge in [-0.15, -0.1) is 0 Å². The van der Waals surface area contributed by atoms with Crippen molar-refractivity contribution in [3.63, 3.8) is 0 Å². The average Bonchev–Trinajstić information content (AvgIpc) is 2.50. The molecule has 2 aromatic rings. The molecular formula is C15H19N3O2. The predicted octanol–water partition coefficient (Wildman–Crippen LogP) is 2.16. The maximum absolute atomic E-state index is 10.9. The van der Waals surface area contributed by atoms with Crippen LogP contribution in [0.1, 0.15) is 25.7 Å². The van der Waals surface area contributed by atoms with Gasteiger partial charge < -0.3 is 4.74 Å². The molecule has 0 aliphatic rings. The van der Waals surface area contributed by atoms with Crippen molar-refractivity contribution in [1.29, 1.82) is 0 Å². The zero-order chi connectivity index (χ0) is 14.2. The van der Waals surface area contributed by atoms with Gasteiger partial charge in [0.05, 0.1) is 6.61 Å². The Kier molecular flexibility index (Phi) is 5.32. The molecule has 0 saturated carbocycles. The van der Waals surface area contributed by atoms with Crippen molar-refractivity contribution in [1.82, 2.24) is 10.4 Å². The largest absolute Gasteiger partial charge is 0.491 e. The number of unbranched alkanes of at least 4 members (excludes halogenated alkanes) is 2. The van der Waals surface area contributed by atoms with Crippen LogP contribution in [0.5, 0.6) is 5.75 Å². The maximum atomic E-state index is 10.9. The van der Waals surface area contributed by atoms with Crippen molar-refractivity contribution in [3.8, 4) is 5.75 Å². The summed E-state index contributed by atoms with van der Waals surface area (Å²) in [5.74, 6) is 5.70. The molecule has 0 fully saturated rings. The lowest BCUT2D eigenvalue weighted by atomic mass is 10.2. The zero-order valence-corrected chi connectivity index (χ0v) is 11.3. The Balaban J connectivity index is 1.77. The Hall–Kier alpha value is -2.14. The second-order valence-corrected chi connectivity index (χ2v) is 4.56. The van der Waals surface area contributed by atoms with E-state index in [1.807, 2.05) is 30.3 Å². The van der Waals surface area contributed by atoms with Crippen LogP contribution in [0.2, 0.25) is 0 Å². The molecule has 0 bridgehead atoms. The minimum atomic E-state index is -0.121. The molecule has 0 radical (unpaired) electrons. The van der Waals surface area contributed by atoms with E-state index in [2.05, 4.69) is 10.4 Å². The zero-order valence-electron chi connectivity index (χ0n) is 11.3. The van der Waals surface area contributed by atoms with Crippen LogP contribution in [0, 0.1) is 0 Å². The van der Waals surface area contributed by atoms with E-state index < -0.39 is 0 Å². The standard InChI is InChI=1S/C15H19N3O2/c16-18-14(19)9-2-1-3-11-20-13-8-4-6-12-7-5-10-17-15(12)13/h4-8,10H,1-3,9,11,16H2,(H,18,19). The lowest BCUT2D eigenvalue weighted by Gasteiger charge is -2.08. The number of nitrogens with two attached hydrogens (primary N) is 1. The third kappa shape index (κ3) is 3.93. The van der Waals surface area contributed by atoms with Crippen molar-refractivity contribution < 1.29 is 9.53 Å². The molecule has 1 heterocycles. The van der Waals surface area contributed by atoms with E-state index in [1.165, 1.54) is 0 Å². The van der Waals surface area contributed by atoms with Crippen LogP contribution in [0.25, 0.3) is 10.9 Å². The number of amides is 1. The van der Waals surface area contributed by atoms with Gasteiger partial charge in [0.1, 0.15) is 11.3 Å². The number of nitrogens with one attached hydrogen (secondary N) is 1. The van der Waals surface area contributed by atoms with Crippen LogP contribution >= 0.6 is 0 Å². The number of aromatic nitrogens is 1. The number of pyridine rings is 1. The first-order valence-electron chi connectivity index (χ1n) is 6.77. The van der Waals surface area contributed by atoms with Crippen LogP contribution < -0.4 is 16.0 Å². The summed E-state index contributed by atoms with van der Waals surface area (Å²) in [6, 6.07) is 9.83. The second kappa shape index (κ2) is 7.45. The molecule has 5 heteroatoms. The summed E-state index contributed by atoms with van der Waals surface area (Å²) < 4.78 is 5.76. The van der Waals surface area contributed by atoms with Gasteiger partial charge in [0.15, 0.2) is 0 Å². The van der Waals surface area contributed by atoms with Crippen molar-refractivity contribution in [3.05, 3.63) is 36.5 Å². The van der Waals surface area contributed by atoms with E-state index in [4.69, 9.17) is 10.6 Å². The smallest absolute Gasteiger partial charge is 0.233 e. The Morgan fingerprint density at radius 1 is 1.20 bits per heavy atom. The molecule has 1 aromatic heterocycles. The molecule has 1 aromatic carbocycles. The number of ether oxygens (including phenoxy) is 1. The predicted molar refractivity (Wildman–Crippen MR) is 78.0 cm³/mol. The van der Waals surface area contributed by atoms with Gasteiger partial charge in [-0.2, -0.15) is 0 Å². The quantitative estimate of drug-likeness (QED) is 0.351. The highest BCUT2D eigenvalue weighted by molar-refractivity contribution is 5.84. The molecule has 5 nitrogen and oxygen atoms in total. The highest BCUT2D eigenvalue weighted by atomic mass is 16.5. The van der Waals surface area contributed by atoms with Gasteiger partial charge in [-0.05, 0) is 31.4 Å². The third-order valence-electron chi connectivity index (χ3n) is 3.06. The number of hydrogen-bond donors (Lipinski definition) is 2. The first-order valence-corrected chi connectivity index (χ1v) is 6.77. The summed E-state index contributed by atoms with van der Waals surface area (Å²) in [6.45, 7) is 0.625. The number of hydrogen-bond acceptors (Lipinski definition) is 4. The Morgan fingerprint density at radius 2 is 2.05 bits per heavy atom. The molecular weight excluding hydrogens is 254 g/mol.